The van der Waals surface area contributed by atoms with Gasteiger partial charge in [-0.1, -0.05) is 68.2 Å². The molecule has 2 aromatic rings. The number of hydrogen-bond acceptors (Lipinski definition) is 2. The first-order valence-electron chi connectivity index (χ1n) is 7.88. The Labute approximate surface area is 133 Å². The number of hydrogen-bond donors (Lipinski definition) is 0. The van der Waals surface area contributed by atoms with Crippen molar-refractivity contribution in [3.05, 3.63) is 65.7 Å². The molecule has 1 aliphatic heterocycles. The van der Waals surface area contributed by atoms with Gasteiger partial charge in [0.05, 0.1) is 14.1 Å². The van der Waals surface area contributed by atoms with E-state index in [1.165, 1.54) is 16.3 Å². The van der Waals surface area contributed by atoms with Crippen LogP contribution in [0.15, 0.2) is 59.6 Å². The molecule has 114 valence electrons. The first kappa shape index (κ1) is 15.0. The largest absolute Gasteiger partial charge is 0.475 e. The maximum Gasteiger partial charge on any atom is 0.216 e. The summed E-state index contributed by atoms with van der Waals surface area (Å²) in [6.07, 6.45) is 0.944. The van der Waals surface area contributed by atoms with Crippen LogP contribution in [0.1, 0.15) is 11.1 Å². The molecule has 0 unspecified atom stereocenters. The lowest BCUT2D eigenvalue weighted by atomic mass is 10.1. The van der Waals surface area contributed by atoms with Gasteiger partial charge in [0, 0.05) is 5.56 Å². The fraction of sp³-hybridized carbons (Fsp3) is 0.316. The fourth-order valence-electron chi connectivity index (χ4n) is 2.88. The third-order valence-corrected chi connectivity index (χ3v) is 6.04. The van der Waals surface area contributed by atoms with Crippen LogP contribution in [0.2, 0.25) is 19.6 Å². The molecule has 1 atom stereocenters. The van der Waals surface area contributed by atoms with Gasteiger partial charge in [0.1, 0.15) is 6.61 Å². The van der Waals surface area contributed by atoms with Crippen LogP contribution >= 0.6 is 0 Å². The van der Waals surface area contributed by atoms with Gasteiger partial charge in [0.25, 0.3) is 0 Å². The Morgan fingerprint density at radius 3 is 2.41 bits per heavy atom. The number of ether oxygens (including phenoxy) is 1. The second-order valence-corrected chi connectivity index (χ2v) is 11.9. The van der Waals surface area contributed by atoms with Gasteiger partial charge >= 0.3 is 0 Å². The summed E-state index contributed by atoms with van der Waals surface area (Å²) >= 11 is 0. The van der Waals surface area contributed by atoms with Gasteiger partial charge in [-0.05, 0) is 23.2 Å². The molecule has 1 aliphatic rings. The van der Waals surface area contributed by atoms with E-state index in [1.54, 1.807) is 0 Å². The molecule has 2 nitrogen and oxygen atoms in total. The van der Waals surface area contributed by atoms with Crippen LogP contribution in [0.5, 0.6) is 0 Å². The highest BCUT2D eigenvalue weighted by atomic mass is 28.3. The van der Waals surface area contributed by atoms with Crippen molar-refractivity contribution >= 4 is 19.2 Å². The first-order valence-corrected chi connectivity index (χ1v) is 11.4. The van der Waals surface area contributed by atoms with Crippen LogP contribution in [0, 0.1) is 0 Å². The van der Waals surface area contributed by atoms with Crippen molar-refractivity contribution < 1.29 is 4.74 Å². The molecule has 0 amide bonds. The van der Waals surface area contributed by atoms with E-state index in [0.29, 0.717) is 6.61 Å². The number of nitrogens with zero attached hydrogens (tertiary/aromatic N) is 1. The highest BCUT2D eigenvalue weighted by Crippen LogP contribution is 2.17. The maximum absolute atomic E-state index is 5.93. The van der Waals surface area contributed by atoms with Gasteiger partial charge in [0.2, 0.25) is 5.90 Å². The second kappa shape index (κ2) is 6.09. The summed E-state index contributed by atoms with van der Waals surface area (Å²) in [5.41, 5.74) is 2.51. The minimum atomic E-state index is -1.40. The van der Waals surface area contributed by atoms with Gasteiger partial charge in [0.15, 0.2) is 0 Å². The highest BCUT2D eigenvalue weighted by molar-refractivity contribution is 6.89. The van der Waals surface area contributed by atoms with E-state index in [-0.39, 0.29) is 6.04 Å². The molecule has 0 bridgehead atoms. The standard InChI is InChI=1S/C19H23NOSi/c1-22(2,3)18-12-8-7-11-17(18)19-20-16(14-21-19)13-15-9-5-4-6-10-15/h4-12,16H,13-14H2,1-3H3/t16-/m0/s1. The minimum absolute atomic E-state index is 0.229. The zero-order valence-electron chi connectivity index (χ0n) is 13.5. The van der Waals surface area contributed by atoms with Gasteiger partial charge in [-0.2, -0.15) is 0 Å². The van der Waals surface area contributed by atoms with E-state index in [4.69, 9.17) is 9.73 Å². The smallest absolute Gasteiger partial charge is 0.216 e. The predicted molar refractivity (Wildman–Crippen MR) is 95.8 cm³/mol. The third kappa shape index (κ3) is 3.30. The van der Waals surface area contributed by atoms with Gasteiger partial charge < -0.3 is 4.74 Å². The molecule has 3 rings (SSSR count). The molecule has 1 heterocycles. The predicted octanol–water partition coefficient (Wildman–Crippen LogP) is 3.62. The third-order valence-electron chi connectivity index (χ3n) is 3.99. The fourth-order valence-corrected chi connectivity index (χ4v) is 4.47. The topological polar surface area (TPSA) is 21.6 Å². The van der Waals surface area contributed by atoms with Crippen molar-refractivity contribution in [1.82, 2.24) is 0 Å². The Hall–Kier alpha value is -1.87. The van der Waals surface area contributed by atoms with Crippen molar-refractivity contribution in [2.75, 3.05) is 6.61 Å². The van der Waals surface area contributed by atoms with E-state index < -0.39 is 8.07 Å². The maximum atomic E-state index is 5.93. The molecule has 0 N–H and O–H groups in total. The number of benzene rings is 2. The van der Waals surface area contributed by atoms with E-state index >= 15 is 0 Å². The average Bonchev–Trinajstić information content (AvgIpc) is 2.96. The van der Waals surface area contributed by atoms with Crippen LogP contribution in [-0.2, 0) is 11.2 Å². The van der Waals surface area contributed by atoms with E-state index in [9.17, 15) is 0 Å². The summed E-state index contributed by atoms with van der Waals surface area (Å²) in [4.78, 5) is 4.84. The van der Waals surface area contributed by atoms with Crippen molar-refractivity contribution in [2.45, 2.75) is 32.1 Å². The van der Waals surface area contributed by atoms with Gasteiger partial charge in [-0.3, -0.25) is 0 Å². The zero-order valence-corrected chi connectivity index (χ0v) is 14.5. The average molecular weight is 309 g/mol. The van der Waals surface area contributed by atoms with Crippen LogP contribution in [0.4, 0.5) is 0 Å². The summed E-state index contributed by atoms with van der Waals surface area (Å²) in [7, 11) is -1.40. The van der Waals surface area contributed by atoms with Crippen LogP contribution < -0.4 is 5.19 Å². The lowest BCUT2D eigenvalue weighted by Gasteiger charge is -2.20. The van der Waals surface area contributed by atoms with Crippen molar-refractivity contribution in [3.8, 4) is 0 Å². The van der Waals surface area contributed by atoms with E-state index in [1.807, 2.05) is 6.07 Å². The summed E-state index contributed by atoms with van der Waals surface area (Å²) in [5.74, 6) is 0.832. The van der Waals surface area contributed by atoms with Gasteiger partial charge in [-0.25, -0.2) is 4.99 Å². The van der Waals surface area contributed by atoms with Crippen molar-refractivity contribution in [2.24, 2.45) is 4.99 Å². The molecule has 0 saturated carbocycles. The van der Waals surface area contributed by atoms with E-state index in [0.717, 1.165) is 12.3 Å². The lowest BCUT2D eigenvalue weighted by Crippen LogP contribution is -2.41. The Bertz CT molecular complexity index is 673. The van der Waals surface area contributed by atoms with Crippen molar-refractivity contribution in [3.63, 3.8) is 0 Å². The molecule has 0 spiro atoms. The monoisotopic (exact) mass is 309 g/mol. The van der Waals surface area contributed by atoms with E-state index in [2.05, 4.69) is 68.2 Å². The number of aliphatic imine (C=N–C) groups is 1. The summed E-state index contributed by atoms with van der Waals surface area (Å²) in [5, 5.41) is 1.43. The van der Waals surface area contributed by atoms with Gasteiger partial charge in [-0.15, -0.1) is 0 Å². The summed E-state index contributed by atoms with van der Waals surface area (Å²) < 4.78 is 5.93. The SMILES string of the molecule is C[Si](C)(C)c1ccccc1C1=N[C@@H](Cc2ccccc2)CO1. The number of rotatable bonds is 4. The Balaban J connectivity index is 1.84. The lowest BCUT2D eigenvalue weighted by molar-refractivity contribution is 0.317. The van der Waals surface area contributed by atoms with Crippen LogP contribution in [0.25, 0.3) is 0 Å². The Morgan fingerprint density at radius 1 is 1.00 bits per heavy atom. The molecular weight excluding hydrogens is 286 g/mol. The van der Waals surface area contributed by atoms with Crippen LogP contribution in [0.3, 0.4) is 0 Å². The molecule has 0 aromatic heterocycles. The minimum Gasteiger partial charge on any atom is -0.475 e. The highest BCUT2D eigenvalue weighted by Gasteiger charge is 2.26. The molecule has 2 aromatic carbocycles. The second-order valence-electron chi connectivity index (χ2n) is 6.88. The van der Waals surface area contributed by atoms with Crippen molar-refractivity contribution in [1.29, 1.82) is 0 Å². The summed E-state index contributed by atoms with van der Waals surface area (Å²) in [6.45, 7) is 7.78. The normalized spacial score (nSPS) is 18.0. The summed E-state index contributed by atoms with van der Waals surface area (Å²) in [6, 6.07) is 19.3. The molecule has 3 heteroatoms. The molecule has 0 radical (unpaired) electrons. The molecule has 22 heavy (non-hydrogen) atoms. The molecule has 0 aliphatic carbocycles. The molecule has 0 saturated heterocycles. The Morgan fingerprint density at radius 2 is 1.68 bits per heavy atom. The zero-order chi connectivity index (χ0) is 15.6. The first-order chi connectivity index (χ1) is 10.5. The quantitative estimate of drug-likeness (QED) is 0.791. The Kier molecular flexibility index (Phi) is 4.16. The van der Waals surface area contributed by atoms with Crippen LogP contribution in [-0.4, -0.2) is 26.6 Å². The molecular formula is C19H23NOSi. The molecule has 0 fully saturated rings.